The number of halogens is 3. The number of piperidine rings is 1. The minimum absolute atomic E-state index is 0.0205. The Labute approximate surface area is 247 Å². The van der Waals surface area contributed by atoms with Gasteiger partial charge in [-0.05, 0) is 112 Å². The number of benzene rings is 3. The van der Waals surface area contributed by atoms with Gasteiger partial charge >= 0.3 is 0 Å². The van der Waals surface area contributed by atoms with Crippen LogP contribution in [-0.4, -0.2) is 30.4 Å². The lowest BCUT2D eigenvalue weighted by Gasteiger charge is -2.41. The molecule has 41 heavy (non-hydrogen) atoms. The molecule has 0 aromatic heterocycles. The van der Waals surface area contributed by atoms with Crippen molar-refractivity contribution in [1.29, 1.82) is 0 Å². The molecule has 2 N–H and O–H groups in total. The molecule has 1 unspecified atom stereocenters. The number of aryl methyl sites for hydroxylation is 1. The summed E-state index contributed by atoms with van der Waals surface area (Å²) in [6, 6.07) is 17.5. The van der Waals surface area contributed by atoms with Crippen molar-refractivity contribution in [1.82, 2.24) is 10.2 Å². The van der Waals surface area contributed by atoms with E-state index in [4.69, 9.17) is 11.6 Å². The summed E-state index contributed by atoms with van der Waals surface area (Å²) in [7, 11) is 0. The van der Waals surface area contributed by atoms with Crippen LogP contribution in [0.25, 0.3) is 0 Å². The first-order valence-electron chi connectivity index (χ1n) is 14.3. The molecule has 0 saturated carbocycles. The molecule has 1 amide bonds. The second-order valence-electron chi connectivity index (χ2n) is 11.6. The molecular formula is C34H40ClF2N3O. The number of anilines is 1. The highest BCUT2D eigenvalue weighted by molar-refractivity contribution is 6.30. The number of carbonyl (C=O) groups is 1. The molecule has 0 spiro atoms. The minimum atomic E-state index is -0.495. The lowest BCUT2D eigenvalue weighted by molar-refractivity contribution is -0.122. The molecule has 0 bridgehead atoms. The van der Waals surface area contributed by atoms with Crippen molar-refractivity contribution in [3.63, 3.8) is 0 Å². The first-order valence-corrected chi connectivity index (χ1v) is 14.6. The van der Waals surface area contributed by atoms with Crippen LogP contribution in [0, 0.1) is 18.6 Å². The molecule has 0 radical (unpaired) electrons. The quantitative estimate of drug-likeness (QED) is 0.241. The molecule has 1 fully saturated rings. The van der Waals surface area contributed by atoms with Crippen LogP contribution in [0.15, 0.2) is 72.9 Å². The molecule has 1 atom stereocenters. The van der Waals surface area contributed by atoms with E-state index in [1.54, 1.807) is 24.3 Å². The maximum Gasteiger partial charge on any atom is 0.227 e. The molecule has 0 aliphatic carbocycles. The molecule has 3 aromatic carbocycles. The van der Waals surface area contributed by atoms with Gasteiger partial charge in [-0.15, -0.1) is 0 Å². The van der Waals surface area contributed by atoms with Gasteiger partial charge in [-0.3, -0.25) is 4.79 Å². The summed E-state index contributed by atoms with van der Waals surface area (Å²) in [5, 5.41) is 6.38. The van der Waals surface area contributed by atoms with Crippen molar-refractivity contribution in [3.05, 3.63) is 112 Å². The Morgan fingerprint density at radius 3 is 2.54 bits per heavy atom. The predicted octanol–water partition coefficient (Wildman–Crippen LogP) is 8.11. The number of allylic oxidation sites excluding steroid dienone is 1. The lowest BCUT2D eigenvalue weighted by atomic mass is 9.73. The second-order valence-corrected chi connectivity index (χ2v) is 12.0. The van der Waals surface area contributed by atoms with Crippen LogP contribution in [0.2, 0.25) is 5.02 Å². The smallest absolute Gasteiger partial charge is 0.227 e. The average Bonchev–Trinajstić information content (AvgIpc) is 2.93. The maximum absolute atomic E-state index is 14.2. The fourth-order valence-corrected chi connectivity index (χ4v) is 5.91. The van der Waals surface area contributed by atoms with E-state index in [9.17, 15) is 13.6 Å². The van der Waals surface area contributed by atoms with Crippen molar-refractivity contribution >= 4 is 23.2 Å². The Morgan fingerprint density at radius 2 is 1.85 bits per heavy atom. The summed E-state index contributed by atoms with van der Waals surface area (Å²) in [6.45, 7) is 13.1. The highest BCUT2D eigenvalue weighted by atomic mass is 35.5. The number of amides is 1. The van der Waals surface area contributed by atoms with E-state index < -0.39 is 11.7 Å². The van der Waals surface area contributed by atoms with Crippen molar-refractivity contribution in [2.24, 2.45) is 0 Å². The van der Waals surface area contributed by atoms with Crippen LogP contribution in [0.1, 0.15) is 67.7 Å². The van der Waals surface area contributed by atoms with Gasteiger partial charge in [0.15, 0.2) is 0 Å². The molecule has 4 nitrogen and oxygen atoms in total. The summed E-state index contributed by atoms with van der Waals surface area (Å²) in [5.74, 6) is -1.26. The Hall–Kier alpha value is -3.22. The molecule has 4 rings (SSSR count). The van der Waals surface area contributed by atoms with Crippen molar-refractivity contribution < 1.29 is 13.6 Å². The first-order chi connectivity index (χ1) is 19.5. The van der Waals surface area contributed by atoms with Crippen LogP contribution in [0.3, 0.4) is 0 Å². The Kier molecular flexibility index (Phi) is 10.2. The number of likely N-dealkylation sites (tertiary alicyclic amines) is 1. The Morgan fingerprint density at radius 1 is 1.10 bits per heavy atom. The number of nitrogens with one attached hydrogen (secondary N) is 2. The summed E-state index contributed by atoms with van der Waals surface area (Å²) in [4.78, 5) is 15.8. The van der Waals surface area contributed by atoms with Crippen LogP contribution in [0.4, 0.5) is 14.5 Å². The number of nitrogens with zero attached hydrogens (tertiary/aromatic N) is 1. The zero-order valence-electron chi connectivity index (χ0n) is 24.2. The Bertz CT molecular complexity index is 1380. The van der Waals surface area contributed by atoms with Crippen LogP contribution in [-0.2, 0) is 16.8 Å². The normalized spacial score (nSPS) is 15.8. The van der Waals surface area contributed by atoms with Gasteiger partial charge in [-0.25, -0.2) is 8.78 Å². The highest BCUT2D eigenvalue weighted by Crippen LogP contribution is 2.40. The van der Waals surface area contributed by atoms with Crippen LogP contribution >= 0.6 is 11.6 Å². The number of hydrogen-bond donors (Lipinski definition) is 2. The van der Waals surface area contributed by atoms with Gasteiger partial charge < -0.3 is 15.5 Å². The minimum Gasteiger partial charge on any atom is -0.359 e. The van der Waals surface area contributed by atoms with Gasteiger partial charge in [-0.1, -0.05) is 61.0 Å². The zero-order chi connectivity index (χ0) is 29.6. The summed E-state index contributed by atoms with van der Waals surface area (Å²) < 4.78 is 28.1. The predicted molar refractivity (Wildman–Crippen MR) is 164 cm³/mol. The van der Waals surface area contributed by atoms with Gasteiger partial charge in [-0.2, -0.15) is 0 Å². The SMILES string of the molecule is C=C(C)Nc1ccc(F)cc1C1(C)CCN(CCCC(C(=O)NCc2cccc(C)c2)c2ccc(F)c(Cl)c2)CC1. The Balaban J connectivity index is 1.38. The van der Waals surface area contributed by atoms with Gasteiger partial charge in [0.05, 0.1) is 10.9 Å². The summed E-state index contributed by atoms with van der Waals surface area (Å²) in [6.07, 6.45) is 3.22. The van der Waals surface area contributed by atoms with E-state index in [1.165, 1.54) is 12.1 Å². The monoisotopic (exact) mass is 579 g/mol. The third-order valence-corrected chi connectivity index (χ3v) is 8.41. The summed E-state index contributed by atoms with van der Waals surface area (Å²) >= 11 is 6.09. The highest BCUT2D eigenvalue weighted by Gasteiger charge is 2.34. The van der Waals surface area contributed by atoms with Crippen LogP contribution < -0.4 is 10.6 Å². The van der Waals surface area contributed by atoms with Gasteiger partial charge in [0, 0.05) is 17.9 Å². The first kappa shape index (κ1) is 30.7. The van der Waals surface area contributed by atoms with Crippen molar-refractivity contribution in [3.8, 4) is 0 Å². The molecule has 1 heterocycles. The summed E-state index contributed by atoms with van der Waals surface area (Å²) in [5.41, 5.74) is 5.44. The van der Waals surface area contributed by atoms with E-state index in [0.717, 1.165) is 67.0 Å². The molecule has 1 aliphatic heterocycles. The fourth-order valence-electron chi connectivity index (χ4n) is 5.73. The number of rotatable bonds is 11. The van der Waals surface area contributed by atoms with E-state index in [-0.39, 0.29) is 22.2 Å². The fraction of sp³-hybridized carbons (Fsp3) is 0.382. The van der Waals surface area contributed by atoms with E-state index >= 15 is 0 Å². The van der Waals surface area contributed by atoms with Gasteiger partial charge in [0.25, 0.3) is 0 Å². The average molecular weight is 580 g/mol. The topological polar surface area (TPSA) is 44.4 Å². The van der Waals surface area contributed by atoms with Crippen LogP contribution in [0.5, 0.6) is 0 Å². The van der Waals surface area contributed by atoms with Gasteiger partial charge in [0.1, 0.15) is 11.6 Å². The molecular weight excluding hydrogens is 540 g/mol. The number of hydrogen-bond acceptors (Lipinski definition) is 3. The molecule has 7 heteroatoms. The third kappa shape index (κ3) is 8.17. The lowest BCUT2D eigenvalue weighted by Crippen LogP contribution is -2.41. The zero-order valence-corrected chi connectivity index (χ0v) is 25.0. The van der Waals surface area contributed by atoms with Crippen molar-refractivity contribution in [2.45, 2.75) is 64.3 Å². The molecule has 218 valence electrons. The second kappa shape index (κ2) is 13.6. The van der Waals surface area contributed by atoms with E-state index in [0.29, 0.717) is 18.5 Å². The largest absolute Gasteiger partial charge is 0.359 e. The van der Waals surface area contributed by atoms with Crippen molar-refractivity contribution in [2.75, 3.05) is 25.0 Å². The number of carbonyl (C=O) groups excluding carboxylic acids is 1. The molecule has 3 aromatic rings. The molecule has 1 saturated heterocycles. The van der Waals surface area contributed by atoms with E-state index in [2.05, 4.69) is 35.1 Å². The van der Waals surface area contributed by atoms with E-state index in [1.807, 2.05) is 32.0 Å². The third-order valence-electron chi connectivity index (χ3n) is 8.12. The maximum atomic E-state index is 14.2. The molecule has 1 aliphatic rings. The standard InChI is InChI=1S/C34H40ClF2N3O/c1-23(2)39-32-13-11-27(36)21-29(32)34(4)14-17-40(18-15-34)16-6-9-28(26-10-12-31(37)30(35)20-26)33(41)38-22-25-8-5-7-24(3)19-25/h5,7-8,10-13,19-21,28,39H,1,6,9,14-18,22H2,2-4H3,(H,38,41). The van der Waals surface area contributed by atoms with Gasteiger partial charge in [0.2, 0.25) is 5.91 Å².